The lowest BCUT2D eigenvalue weighted by Crippen LogP contribution is -2.44. The summed E-state index contributed by atoms with van der Waals surface area (Å²) < 4.78 is 5.41. The number of rotatable bonds is 7. The predicted octanol–water partition coefficient (Wildman–Crippen LogP) is 0.214. The molecule has 1 fully saturated rings. The van der Waals surface area contributed by atoms with Crippen LogP contribution in [0.25, 0.3) is 0 Å². The van der Waals surface area contributed by atoms with Gasteiger partial charge in [0.15, 0.2) is 6.61 Å². The Labute approximate surface area is 148 Å². The first-order valence-electron chi connectivity index (χ1n) is 8.96. The van der Waals surface area contributed by atoms with Crippen LogP contribution in [-0.2, 0) is 9.59 Å². The lowest BCUT2D eigenvalue weighted by Gasteiger charge is -2.29. The summed E-state index contributed by atoms with van der Waals surface area (Å²) in [7, 11) is 0. The number of piperazine rings is 1. The zero-order chi connectivity index (χ0) is 17.5. The quantitative estimate of drug-likeness (QED) is 0.691. The smallest absolute Gasteiger partial charge is 0.265 e. The van der Waals surface area contributed by atoms with Crippen LogP contribution < -0.4 is 20.3 Å². The zero-order valence-electron chi connectivity index (χ0n) is 14.5. The van der Waals surface area contributed by atoms with Gasteiger partial charge in [-0.3, -0.25) is 9.59 Å². The summed E-state index contributed by atoms with van der Waals surface area (Å²) in [6.45, 7) is 6.33. The van der Waals surface area contributed by atoms with Crippen LogP contribution >= 0.6 is 0 Å². The van der Waals surface area contributed by atoms with Gasteiger partial charge in [-0.1, -0.05) is 12.1 Å². The maximum Gasteiger partial charge on any atom is 0.265 e. The summed E-state index contributed by atoms with van der Waals surface area (Å²) in [5.41, 5.74) is 0.741. The molecule has 2 amide bonds. The molecule has 0 atom stereocenters. The van der Waals surface area contributed by atoms with Crippen molar-refractivity contribution in [2.45, 2.75) is 12.8 Å². The van der Waals surface area contributed by atoms with Crippen molar-refractivity contribution in [3.05, 3.63) is 24.3 Å². The third-order valence-corrected chi connectivity index (χ3v) is 4.55. The highest BCUT2D eigenvalue weighted by molar-refractivity contribution is 5.98. The fourth-order valence-corrected chi connectivity index (χ4v) is 3.17. The minimum atomic E-state index is -0.106. The molecule has 136 valence electrons. The molecule has 2 aliphatic heterocycles. The highest BCUT2D eigenvalue weighted by Gasteiger charge is 2.25. The summed E-state index contributed by atoms with van der Waals surface area (Å²) in [6, 6.07) is 7.42. The second-order valence-electron chi connectivity index (χ2n) is 6.35. The number of amides is 2. The Morgan fingerprint density at radius 2 is 2.00 bits per heavy atom. The van der Waals surface area contributed by atoms with Crippen LogP contribution in [0.3, 0.4) is 0 Å². The van der Waals surface area contributed by atoms with Crippen LogP contribution in [0.2, 0.25) is 0 Å². The first kappa shape index (κ1) is 17.7. The van der Waals surface area contributed by atoms with Crippen molar-refractivity contribution in [3.8, 4) is 5.75 Å². The van der Waals surface area contributed by atoms with E-state index in [1.807, 2.05) is 24.3 Å². The number of para-hydroxylation sites is 2. The van der Waals surface area contributed by atoms with E-state index in [1.54, 1.807) is 4.90 Å². The lowest BCUT2D eigenvalue weighted by molar-refractivity contribution is -0.122. The average molecular weight is 346 g/mol. The van der Waals surface area contributed by atoms with Crippen LogP contribution in [0.5, 0.6) is 5.75 Å². The molecular formula is C18H26N4O3. The van der Waals surface area contributed by atoms with Gasteiger partial charge in [-0.05, 0) is 25.1 Å². The standard InChI is InChI=1S/C18H26N4O3/c23-17(20-7-3-10-21-12-8-19-9-13-21)6-11-22-15-4-1-2-5-16(15)25-14-18(22)24/h1-2,4-5,19H,3,6-14H2,(H,20,23). The van der Waals surface area contributed by atoms with E-state index < -0.39 is 0 Å². The van der Waals surface area contributed by atoms with Gasteiger partial charge in [0, 0.05) is 45.7 Å². The Hall–Kier alpha value is -2.12. The molecule has 1 saturated heterocycles. The van der Waals surface area contributed by atoms with Crippen molar-refractivity contribution >= 4 is 17.5 Å². The number of hydrogen-bond acceptors (Lipinski definition) is 5. The molecule has 0 unspecified atom stereocenters. The van der Waals surface area contributed by atoms with Gasteiger partial charge in [0.1, 0.15) is 5.75 Å². The Bertz CT molecular complexity index is 602. The first-order chi connectivity index (χ1) is 12.2. The summed E-state index contributed by atoms with van der Waals surface area (Å²) in [4.78, 5) is 28.2. The molecule has 2 N–H and O–H groups in total. The van der Waals surface area contributed by atoms with Gasteiger partial charge in [0.2, 0.25) is 5.91 Å². The molecule has 0 saturated carbocycles. The van der Waals surface area contributed by atoms with Gasteiger partial charge in [-0.25, -0.2) is 0 Å². The van der Waals surface area contributed by atoms with E-state index in [2.05, 4.69) is 15.5 Å². The average Bonchev–Trinajstić information content (AvgIpc) is 2.65. The Kier molecular flexibility index (Phi) is 6.25. The highest BCUT2D eigenvalue weighted by Crippen LogP contribution is 2.31. The highest BCUT2D eigenvalue weighted by atomic mass is 16.5. The predicted molar refractivity (Wildman–Crippen MR) is 95.8 cm³/mol. The van der Waals surface area contributed by atoms with Crippen LogP contribution in [0.15, 0.2) is 24.3 Å². The number of benzene rings is 1. The molecular weight excluding hydrogens is 320 g/mol. The van der Waals surface area contributed by atoms with E-state index in [4.69, 9.17) is 4.74 Å². The van der Waals surface area contributed by atoms with E-state index in [-0.39, 0.29) is 18.4 Å². The van der Waals surface area contributed by atoms with E-state index in [0.29, 0.717) is 25.3 Å². The molecule has 2 heterocycles. The van der Waals surface area contributed by atoms with Crippen molar-refractivity contribution < 1.29 is 14.3 Å². The number of nitrogens with one attached hydrogen (secondary N) is 2. The number of hydrogen-bond donors (Lipinski definition) is 2. The van der Waals surface area contributed by atoms with Gasteiger partial charge < -0.3 is 25.2 Å². The number of carbonyl (C=O) groups is 2. The number of ether oxygens (including phenoxy) is 1. The van der Waals surface area contributed by atoms with Crippen molar-refractivity contribution in [3.63, 3.8) is 0 Å². The number of carbonyl (C=O) groups excluding carboxylic acids is 2. The van der Waals surface area contributed by atoms with E-state index in [9.17, 15) is 9.59 Å². The lowest BCUT2D eigenvalue weighted by atomic mass is 10.2. The summed E-state index contributed by atoms with van der Waals surface area (Å²) in [5, 5.41) is 6.28. The minimum Gasteiger partial charge on any atom is -0.482 e. The van der Waals surface area contributed by atoms with E-state index in [0.717, 1.165) is 44.8 Å². The number of nitrogens with zero attached hydrogens (tertiary/aromatic N) is 2. The Balaban J connectivity index is 1.38. The second-order valence-corrected chi connectivity index (χ2v) is 6.35. The SMILES string of the molecule is O=C(CCN1C(=O)COc2ccccc21)NCCCN1CCNCC1. The van der Waals surface area contributed by atoms with Gasteiger partial charge in [-0.2, -0.15) is 0 Å². The normalized spacial score (nSPS) is 17.8. The summed E-state index contributed by atoms with van der Waals surface area (Å²) in [6.07, 6.45) is 1.25. The van der Waals surface area contributed by atoms with Gasteiger partial charge in [0.05, 0.1) is 5.69 Å². The Morgan fingerprint density at radius 1 is 1.20 bits per heavy atom. The maximum absolute atomic E-state index is 12.1. The first-order valence-corrected chi connectivity index (χ1v) is 8.96. The van der Waals surface area contributed by atoms with E-state index >= 15 is 0 Å². The van der Waals surface area contributed by atoms with Crippen LogP contribution in [0, 0.1) is 0 Å². The number of anilines is 1. The molecule has 3 rings (SSSR count). The van der Waals surface area contributed by atoms with Crippen LogP contribution in [0.4, 0.5) is 5.69 Å². The van der Waals surface area contributed by atoms with E-state index in [1.165, 1.54) is 0 Å². The maximum atomic E-state index is 12.1. The third-order valence-electron chi connectivity index (χ3n) is 4.55. The summed E-state index contributed by atoms with van der Waals surface area (Å²) >= 11 is 0. The van der Waals surface area contributed by atoms with Gasteiger partial charge >= 0.3 is 0 Å². The fraction of sp³-hybridized carbons (Fsp3) is 0.556. The van der Waals surface area contributed by atoms with Crippen molar-refractivity contribution in [1.82, 2.24) is 15.5 Å². The minimum absolute atomic E-state index is 0.0166. The fourth-order valence-electron chi connectivity index (χ4n) is 3.17. The monoisotopic (exact) mass is 346 g/mol. The van der Waals surface area contributed by atoms with Crippen molar-refractivity contribution in [1.29, 1.82) is 0 Å². The Morgan fingerprint density at radius 3 is 2.84 bits per heavy atom. The second kappa shape index (κ2) is 8.82. The van der Waals surface area contributed by atoms with Crippen LogP contribution in [-0.4, -0.2) is 69.1 Å². The summed E-state index contributed by atoms with van der Waals surface area (Å²) in [5.74, 6) is 0.570. The van der Waals surface area contributed by atoms with Gasteiger partial charge in [0.25, 0.3) is 5.91 Å². The largest absolute Gasteiger partial charge is 0.482 e. The number of fused-ring (bicyclic) bond motifs is 1. The molecule has 0 bridgehead atoms. The van der Waals surface area contributed by atoms with Crippen molar-refractivity contribution in [2.75, 3.05) is 57.3 Å². The molecule has 7 heteroatoms. The van der Waals surface area contributed by atoms with Gasteiger partial charge in [-0.15, -0.1) is 0 Å². The molecule has 0 radical (unpaired) electrons. The third kappa shape index (κ3) is 4.93. The molecule has 2 aliphatic rings. The topological polar surface area (TPSA) is 73.9 Å². The molecule has 1 aromatic rings. The molecule has 0 aliphatic carbocycles. The molecule has 0 spiro atoms. The molecule has 25 heavy (non-hydrogen) atoms. The molecule has 0 aromatic heterocycles. The van der Waals surface area contributed by atoms with Crippen LogP contribution in [0.1, 0.15) is 12.8 Å². The zero-order valence-corrected chi connectivity index (χ0v) is 14.5. The van der Waals surface area contributed by atoms with Crippen molar-refractivity contribution in [2.24, 2.45) is 0 Å². The molecule has 1 aromatic carbocycles. The molecule has 7 nitrogen and oxygen atoms in total.